The number of guanidine groups is 1. The van der Waals surface area contributed by atoms with Gasteiger partial charge in [-0.3, -0.25) is 4.99 Å². The van der Waals surface area contributed by atoms with Gasteiger partial charge in [-0.05, 0) is 42.5 Å². The van der Waals surface area contributed by atoms with Gasteiger partial charge in [0, 0.05) is 45.0 Å². The Hall–Kier alpha value is -2.03. The van der Waals surface area contributed by atoms with Crippen LogP contribution in [0.2, 0.25) is 0 Å². The van der Waals surface area contributed by atoms with Crippen molar-refractivity contribution in [2.75, 3.05) is 45.2 Å². The molecule has 29 heavy (non-hydrogen) atoms. The highest BCUT2D eigenvalue weighted by molar-refractivity contribution is 14.0. The van der Waals surface area contributed by atoms with Gasteiger partial charge in [-0.15, -0.1) is 24.0 Å². The lowest BCUT2D eigenvalue weighted by atomic mass is 10.1. The molecule has 2 N–H and O–H groups in total. The fourth-order valence-electron chi connectivity index (χ4n) is 3.52. The second-order valence-electron chi connectivity index (χ2n) is 7.02. The molecule has 2 aromatic carbocycles. The van der Waals surface area contributed by atoms with Crippen molar-refractivity contribution >= 4 is 35.6 Å². The highest BCUT2D eigenvalue weighted by Gasteiger charge is 2.23. The molecule has 0 bridgehead atoms. The van der Waals surface area contributed by atoms with E-state index >= 15 is 0 Å². The summed E-state index contributed by atoms with van der Waals surface area (Å²) >= 11 is 0. The molecule has 1 aliphatic heterocycles. The Labute approximate surface area is 189 Å². The molecule has 7 heteroatoms. The van der Waals surface area contributed by atoms with Crippen LogP contribution < -0.4 is 20.3 Å². The van der Waals surface area contributed by atoms with Crippen LogP contribution in [0, 0.1) is 11.7 Å². The second kappa shape index (κ2) is 11.8. The number of methoxy groups -OCH3 is 1. The number of halogens is 2. The van der Waals surface area contributed by atoms with Crippen molar-refractivity contribution in [3.8, 4) is 5.75 Å². The number of anilines is 1. The van der Waals surface area contributed by atoms with Crippen LogP contribution in [-0.2, 0) is 6.42 Å². The first-order valence-electron chi connectivity index (χ1n) is 9.76. The maximum Gasteiger partial charge on any atom is 0.190 e. The molecule has 2 aromatic rings. The Morgan fingerprint density at radius 3 is 2.79 bits per heavy atom. The van der Waals surface area contributed by atoms with E-state index in [0.29, 0.717) is 18.9 Å². The number of ether oxygens (including phenoxy) is 1. The van der Waals surface area contributed by atoms with E-state index in [1.807, 2.05) is 24.3 Å². The van der Waals surface area contributed by atoms with Crippen LogP contribution in [0.25, 0.3) is 0 Å². The van der Waals surface area contributed by atoms with E-state index in [4.69, 9.17) is 4.74 Å². The lowest BCUT2D eigenvalue weighted by Crippen LogP contribution is -2.41. The van der Waals surface area contributed by atoms with Gasteiger partial charge < -0.3 is 20.3 Å². The predicted octanol–water partition coefficient (Wildman–Crippen LogP) is 3.69. The van der Waals surface area contributed by atoms with E-state index in [9.17, 15) is 4.39 Å². The van der Waals surface area contributed by atoms with Crippen molar-refractivity contribution in [1.29, 1.82) is 0 Å². The number of nitrogens with one attached hydrogen (secondary N) is 2. The van der Waals surface area contributed by atoms with E-state index in [-0.39, 0.29) is 29.8 Å². The second-order valence-corrected chi connectivity index (χ2v) is 7.02. The molecular formula is C22H30FIN4O. The monoisotopic (exact) mass is 512 g/mol. The first-order valence-corrected chi connectivity index (χ1v) is 9.76. The molecule has 1 unspecified atom stereocenters. The van der Waals surface area contributed by atoms with Gasteiger partial charge in [0.05, 0.1) is 7.11 Å². The lowest BCUT2D eigenvalue weighted by molar-refractivity contribution is 0.415. The summed E-state index contributed by atoms with van der Waals surface area (Å²) in [4.78, 5) is 6.67. The maximum absolute atomic E-state index is 13.7. The Morgan fingerprint density at radius 2 is 2.03 bits per heavy atom. The van der Waals surface area contributed by atoms with Crippen LogP contribution in [0.1, 0.15) is 12.0 Å². The third kappa shape index (κ3) is 6.76. The number of hydrogen-bond acceptors (Lipinski definition) is 3. The summed E-state index contributed by atoms with van der Waals surface area (Å²) in [7, 11) is 3.45. The van der Waals surface area contributed by atoms with Gasteiger partial charge in [-0.2, -0.15) is 0 Å². The van der Waals surface area contributed by atoms with Gasteiger partial charge >= 0.3 is 0 Å². The van der Waals surface area contributed by atoms with Gasteiger partial charge in [0.2, 0.25) is 0 Å². The number of hydrogen-bond donors (Lipinski definition) is 2. The first-order chi connectivity index (χ1) is 13.7. The topological polar surface area (TPSA) is 48.9 Å². The van der Waals surface area contributed by atoms with Crippen molar-refractivity contribution < 1.29 is 9.13 Å². The molecular weight excluding hydrogens is 482 g/mol. The zero-order chi connectivity index (χ0) is 19.8. The van der Waals surface area contributed by atoms with Crippen molar-refractivity contribution in [1.82, 2.24) is 10.6 Å². The van der Waals surface area contributed by atoms with Crippen LogP contribution in [-0.4, -0.2) is 46.3 Å². The van der Waals surface area contributed by atoms with Crippen LogP contribution in [0.5, 0.6) is 5.75 Å². The molecule has 0 aliphatic carbocycles. The van der Waals surface area contributed by atoms with Crippen LogP contribution in [0.4, 0.5) is 10.1 Å². The zero-order valence-electron chi connectivity index (χ0n) is 17.0. The molecule has 3 rings (SSSR count). The summed E-state index contributed by atoms with van der Waals surface area (Å²) in [6.45, 7) is 3.55. The van der Waals surface area contributed by atoms with Crippen LogP contribution >= 0.6 is 24.0 Å². The Kier molecular flexibility index (Phi) is 9.50. The van der Waals surface area contributed by atoms with E-state index in [1.165, 1.54) is 11.8 Å². The highest BCUT2D eigenvalue weighted by atomic mass is 127. The lowest BCUT2D eigenvalue weighted by Gasteiger charge is -2.20. The van der Waals surface area contributed by atoms with Crippen LogP contribution in [0.3, 0.4) is 0 Å². The average molecular weight is 512 g/mol. The zero-order valence-corrected chi connectivity index (χ0v) is 19.4. The largest absolute Gasteiger partial charge is 0.497 e. The number of aliphatic imine (C=N–C) groups is 1. The van der Waals surface area contributed by atoms with E-state index in [1.54, 1.807) is 20.2 Å². The summed E-state index contributed by atoms with van der Waals surface area (Å²) < 4.78 is 19.0. The van der Waals surface area contributed by atoms with Crippen LogP contribution in [0.15, 0.2) is 53.5 Å². The summed E-state index contributed by atoms with van der Waals surface area (Å²) in [5.41, 5.74) is 1.92. The molecule has 1 aliphatic rings. The highest BCUT2D eigenvalue weighted by Crippen LogP contribution is 2.26. The van der Waals surface area contributed by atoms with E-state index in [0.717, 1.165) is 43.3 Å². The third-order valence-corrected chi connectivity index (χ3v) is 5.13. The quantitative estimate of drug-likeness (QED) is 0.338. The van der Waals surface area contributed by atoms with Gasteiger partial charge in [0.15, 0.2) is 5.96 Å². The minimum absolute atomic E-state index is 0. The molecule has 0 spiro atoms. The van der Waals surface area contributed by atoms with Crippen molar-refractivity contribution in [2.45, 2.75) is 12.8 Å². The third-order valence-electron chi connectivity index (χ3n) is 5.13. The van der Waals surface area contributed by atoms with Gasteiger partial charge in [0.25, 0.3) is 0 Å². The fourth-order valence-corrected chi connectivity index (χ4v) is 3.52. The molecule has 0 amide bonds. The molecule has 0 saturated carbocycles. The standard InChI is InChI=1S/C22H29FN4O.HI/c1-24-22(25-12-10-18-6-3-4-9-21(18)23)26-15-17-11-13-27(16-17)19-7-5-8-20(14-19)28-2;/h3-9,14,17H,10-13,15-16H2,1-2H3,(H2,24,25,26);1H. The minimum atomic E-state index is -0.157. The molecule has 0 radical (unpaired) electrons. The van der Waals surface area contributed by atoms with E-state index in [2.05, 4.69) is 32.7 Å². The van der Waals surface area contributed by atoms with Gasteiger partial charge in [-0.25, -0.2) is 4.39 Å². The summed E-state index contributed by atoms with van der Waals surface area (Å²) in [5, 5.41) is 6.67. The molecule has 158 valence electrons. The predicted molar refractivity (Wildman–Crippen MR) is 128 cm³/mol. The molecule has 5 nitrogen and oxygen atoms in total. The van der Waals surface area contributed by atoms with Crippen molar-refractivity contribution in [3.05, 3.63) is 59.9 Å². The van der Waals surface area contributed by atoms with Gasteiger partial charge in [0.1, 0.15) is 11.6 Å². The van der Waals surface area contributed by atoms with E-state index < -0.39 is 0 Å². The summed E-state index contributed by atoms with van der Waals surface area (Å²) in [6.07, 6.45) is 1.76. The molecule has 0 aromatic heterocycles. The van der Waals surface area contributed by atoms with Gasteiger partial charge in [-0.1, -0.05) is 24.3 Å². The summed E-state index contributed by atoms with van der Waals surface area (Å²) in [5.74, 6) is 2.04. The first kappa shape index (κ1) is 23.3. The normalized spacial score (nSPS) is 16.3. The molecule has 1 atom stereocenters. The van der Waals surface area contributed by atoms with Crippen molar-refractivity contribution in [3.63, 3.8) is 0 Å². The molecule has 1 heterocycles. The molecule has 1 fully saturated rings. The maximum atomic E-state index is 13.7. The average Bonchev–Trinajstić information content (AvgIpc) is 3.21. The SMILES string of the molecule is CN=C(NCCc1ccccc1F)NCC1CCN(c2cccc(OC)c2)C1.I. The van der Waals surface area contributed by atoms with Crippen molar-refractivity contribution in [2.24, 2.45) is 10.9 Å². The smallest absolute Gasteiger partial charge is 0.190 e. The fraction of sp³-hybridized carbons (Fsp3) is 0.409. The number of nitrogens with zero attached hydrogens (tertiary/aromatic N) is 2. The minimum Gasteiger partial charge on any atom is -0.497 e. The summed E-state index contributed by atoms with van der Waals surface area (Å²) in [6, 6.07) is 15.1. The number of rotatable bonds is 7. The molecule has 1 saturated heterocycles. The Balaban J connectivity index is 0.00000300. The Morgan fingerprint density at radius 1 is 1.21 bits per heavy atom. The Bertz CT molecular complexity index is 802. The number of benzene rings is 2.